The molecule has 2 rings (SSSR count). The van der Waals surface area contributed by atoms with Crippen LogP contribution in [0, 0.1) is 5.92 Å². The molecule has 1 aliphatic rings. The van der Waals surface area contributed by atoms with Crippen LogP contribution in [0.2, 0.25) is 0 Å². The van der Waals surface area contributed by atoms with Crippen LogP contribution >= 0.6 is 0 Å². The Morgan fingerprint density at radius 1 is 1.59 bits per heavy atom. The van der Waals surface area contributed by atoms with Gasteiger partial charge in [-0.1, -0.05) is 6.58 Å². The predicted octanol–water partition coefficient (Wildman–Crippen LogP) is 1.67. The van der Waals surface area contributed by atoms with E-state index in [1.54, 1.807) is 6.20 Å². The summed E-state index contributed by atoms with van der Waals surface area (Å²) in [5.41, 5.74) is 1.12. The van der Waals surface area contributed by atoms with E-state index in [0.29, 0.717) is 19.0 Å². The molecule has 17 heavy (non-hydrogen) atoms. The van der Waals surface area contributed by atoms with Crippen molar-refractivity contribution in [3.05, 3.63) is 30.4 Å². The number of carbonyl (C=O) groups is 1. The van der Waals surface area contributed by atoms with Gasteiger partial charge in [-0.25, -0.2) is 4.39 Å². The van der Waals surface area contributed by atoms with Gasteiger partial charge in [0.1, 0.15) is 0 Å². The normalized spacial score (nSPS) is 17.1. The summed E-state index contributed by atoms with van der Waals surface area (Å²) < 4.78 is 12.7. The molecule has 4 nitrogen and oxygen atoms in total. The summed E-state index contributed by atoms with van der Waals surface area (Å²) in [5, 5.41) is 6.84. The summed E-state index contributed by atoms with van der Waals surface area (Å²) in [4.78, 5) is 12.9. The van der Waals surface area contributed by atoms with Gasteiger partial charge in [-0.15, -0.1) is 0 Å². The lowest BCUT2D eigenvalue weighted by molar-refractivity contribution is -0.130. The lowest BCUT2D eigenvalue weighted by Gasteiger charge is -2.31. The fraction of sp³-hybridized carbons (Fsp3) is 0.500. The third-order valence-electron chi connectivity index (χ3n) is 3.20. The van der Waals surface area contributed by atoms with Gasteiger partial charge in [0.05, 0.1) is 0 Å². The van der Waals surface area contributed by atoms with Crippen molar-refractivity contribution in [2.45, 2.75) is 19.3 Å². The molecule has 5 heteroatoms. The van der Waals surface area contributed by atoms with E-state index >= 15 is 0 Å². The van der Waals surface area contributed by atoms with E-state index in [-0.39, 0.29) is 0 Å². The summed E-state index contributed by atoms with van der Waals surface area (Å²) in [6.45, 7) is 4.26. The molecule has 1 fully saturated rings. The number of halogens is 1. The minimum atomic E-state index is -0.864. The predicted molar refractivity (Wildman–Crippen MR) is 61.8 cm³/mol. The Morgan fingerprint density at radius 2 is 2.29 bits per heavy atom. The topological polar surface area (TPSA) is 49.0 Å². The number of hydrogen-bond donors (Lipinski definition) is 1. The summed E-state index contributed by atoms with van der Waals surface area (Å²) >= 11 is 0. The van der Waals surface area contributed by atoms with Crippen molar-refractivity contribution in [1.82, 2.24) is 15.1 Å². The molecular weight excluding hydrogens is 221 g/mol. The van der Waals surface area contributed by atoms with Gasteiger partial charge in [0, 0.05) is 25.0 Å². The maximum Gasteiger partial charge on any atom is 0.281 e. The molecule has 0 atom stereocenters. The molecule has 1 saturated heterocycles. The van der Waals surface area contributed by atoms with Gasteiger partial charge in [-0.2, -0.15) is 5.10 Å². The third-order valence-corrected chi connectivity index (χ3v) is 3.20. The molecule has 0 aliphatic carbocycles. The van der Waals surface area contributed by atoms with Crippen LogP contribution in [0.5, 0.6) is 0 Å². The van der Waals surface area contributed by atoms with E-state index in [4.69, 9.17) is 0 Å². The van der Waals surface area contributed by atoms with E-state index in [9.17, 15) is 9.18 Å². The van der Waals surface area contributed by atoms with E-state index < -0.39 is 11.7 Å². The number of aromatic amines is 1. The SMILES string of the molecule is C=C(F)C(=O)N1CCC(Cc2ccn[nH]2)CC1. The minimum Gasteiger partial charge on any atom is -0.337 e. The van der Waals surface area contributed by atoms with E-state index in [0.717, 1.165) is 25.0 Å². The number of piperidine rings is 1. The van der Waals surface area contributed by atoms with Gasteiger partial charge in [-0.3, -0.25) is 9.89 Å². The van der Waals surface area contributed by atoms with Crippen LogP contribution in [0.4, 0.5) is 4.39 Å². The molecule has 2 heterocycles. The van der Waals surface area contributed by atoms with Crippen molar-refractivity contribution in [3.8, 4) is 0 Å². The standard InChI is InChI=1S/C12H16FN3O/c1-9(13)12(17)16-6-3-10(4-7-16)8-11-2-5-14-15-11/h2,5,10H,1,3-4,6-8H2,(H,14,15). The fourth-order valence-corrected chi connectivity index (χ4v) is 2.22. The molecule has 0 saturated carbocycles. The number of nitrogens with zero attached hydrogens (tertiary/aromatic N) is 2. The van der Waals surface area contributed by atoms with Crippen LogP contribution in [-0.4, -0.2) is 34.1 Å². The molecule has 0 bridgehead atoms. The smallest absolute Gasteiger partial charge is 0.281 e. The summed E-state index contributed by atoms with van der Waals surface area (Å²) in [6.07, 6.45) is 4.48. The Labute approximate surface area is 99.5 Å². The second-order valence-corrected chi connectivity index (χ2v) is 4.43. The molecule has 92 valence electrons. The Bertz CT molecular complexity index is 394. The van der Waals surface area contributed by atoms with Crippen molar-refractivity contribution in [2.75, 3.05) is 13.1 Å². The van der Waals surface area contributed by atoms with Gasteiger partial charge >= 0.3 is 0 Å². The van der Waals surface area contributed by atoms with Crippen molar-refractivity contribution in [1.29, 1.82) is 0 Å². The van der Waals surface area contributed by atoms with Crippen LogP contribution in [0.25, 0.3) is 0 Å². The van der Waals surface area contributed by atoms with Crippen molar-refractivity contribution < 1.29 is 9.18 Å². The summed E-state index contributed by atoms with van der Waals surface area (Å²) in [6, 6.07) is 1.96. The Kier molecular flexibility index (Phi) is 3.56. The van der Waals surface area contributed by atoms with Crippen molar-refractivity contribution >= 4 is 5.91 Å². The van der Waals surface area contributed by atoms with Gasteiger partial charge in [0.15, 0.2) is 5.83 Å². The summed E-state index contributed by atoms with van der Waals surface area (Å²) in [5.74, 6) is -0.894. The van der Waals surface area contributed by atoms with Gasteiger partial charge in [0.25, 0.3) is 5.91 Å². The van der Waals surface area contributed by atoms with Crippen LogP contribution in [0.1, 0.15) is 18.5 Å². The quantitative estimate of drug-likeness (QED) is 0.813. The van der Waals surface area contributed by atoms with Crippen molar-refractivity contribution in [3.63, 3.8) is 0 Å². The molecule has 1 N–H and O–H groups in total. The Hall–Kier alpha value is -1.65. The average Bonchev–Trinajstić information content (AvgIpc) is 2.82. The monoisotopic (exact) mass is 237 g/mol. The zero-order chi connectivity index (χ0) is 12.3. The molecule has 0 aromatic carbocycles. The van der Waals surface area contributed by atoms with E-state index in [2.05, 4.69) is 16.8 Å². The first-order chi connectivity index (χ1) is 8.16. The largest absolute Gasteiger partial charge is 0.337 e. The number of likely N-dealkylation sites (tertiary alicyclic amines) is 1. The van der Waals surface area contributed by atoms with E-state index in [1.807, 2.05) is 6.07 Å². The van der Waals surface area contributed by atoms with Crippen LogP contribution in [0.15, 0.2) is 24.7 Å². The van der Waals surface area contributed by atoms with Crippen molar-refractivity contribution in [2.24, 2.45) is 5.92 Å². The molecule has 0 unspecified atom stereocenters. The molecule has 1 aromatic heterocycles. The first kappa shape index (κ1) is 11.8. The first-order valence-corrected chi connectivity index (χ1v) is 5.78. The highest BCUT2D eigenvalue weighted by Crippen LogP contribution is 2.21. The first-order valence-electron chi connectivity index (χ1n) is 5.78. The minimum absolute atomic E-state index is 0.535. The number of rotatable bonds is 3. The second-order valence-electron chi connectivity index (χ2n) is 4.43. The lowest BCUT2D eigenvalue weighted by atomic mass is 9.92. The van der Waals surface area contributed by atoms with Gasteiger partial charge < -0.3 is 4.90 Å². The Balaban J connectivity index is 1.82. The number of carbonyl (C=O) groups excluding carboxylic acids is 1. The number of H-pyrrole nitrogens is 1. The van der Waals surface area contributed by atoms with Crippen LogP contribution in [-0.2, 0) is 11.2 Å². The fourth-order valence-electron chi connectivity index (χ4n) is 2.22. The molecule has 1 amide bonds. The molecule has 1 aliphatic heterocycles. The number of aromatic nitrogens is 2. The number of hydrogen-bond acceptors (Lipinski definition) is 2. The highest BCUT2D eigenvalue weighted by molar-refractivity contribution is 5.90. The molecule has 1 aromatic rings. The highest BCUT2D eigenvalue weighted by atomic mass is 19.1. The maximum absolute atomic E-state index is 12.7. The zero-order valence-corrected chi connectivity index (χ0v) is 9.66. The van der Waals surface area contributed by atoms with E-state index in [1.165, 1.54) is 4.90 Å². The summed E-state index contributed by atoms with van der Waals surface area (Å²) in [7, 11) is 0. The number of nitrogens with one attached hydrogen (secondary N) is 1. The average molecular weight is 237 g/mol. The molecule has 0 radical (unpaired) electrons. The Morgan fingerprint density at radius 3 is 2.82 bits per heavy atom. The van der Waals surface area contributed by atoms with Crippen LogP contribution < -0.4 is 0 Å². The molecular formula is C12H16FN3O. The molecule has 0 spiro atoms. The third kappa shape index (κ3) is 2.93. The van der Waals surface area contributed by atoms with Crippen LogP contribution in [0.3, 0.4) is 0 Å². The number of amides is 1. The second kappa shape index (κ2) is 5.12. The van der Waals surface area contributed by atoms with Gasteiger partial charge in [-0.05, 0) is 31.2 Å². The zero-order valence-electron chi connectivity index (χ0n) is 9.66. The lowest BCUT2D eigenvalue weighted by Crippen LogP contribution is -2.39. The maximum atomic E-state index is 12.7. The highest BCUT2D eigenvalue weighted by Gasteiger charge is 2.24. The van der Waals surface area contributed by atoms with Gasteiger partial charge in [0.2, 0.25) is 0 Å².